The number of aryl methyl sites for hydroxylation is 1. The van der Waals surface area contributed by atoms with Gasteiger partial charge in [-0.25, -0.2) is 0 Å². The fourth-order valence-corrected chi connectivity index (χ4v) is 2.34. The number of nitrogens with zero attached hydrogens (tertiary/aromatic N) is 1. The fourth-order valence-electron chi connectivity index (χ4n) is 2.34. The van der Waals surface area contributed by atoms with Gasteiger partial charge >= 0.3 is 0 Å². The molecule has 0 spiro atoms. The third kappa shape index (κ3) is 1.82. The highest BCUT2D eigenvalue weighted by molar-refractivity contribution is 6.07. The van der Waals surface area contributed by atoms with E-state index >= 15 is 0 Å². The third-order valence-electron chi connectivity index (χ3n) is 3.00. The molecular formula is C16H21N. The van der Waals surface area contributed by atoms with Gasteiger partial charge in [0.05, 0.1) is 0 Å². The smallest absolute Gasteiger partial charge is 0.0491 e. The molecule has 2 aromatic carbocycles. The van der Waals surface area contributed by atoms with Crippen molar-refractivity contribution in [1.29, 1.82) is 0 Å². The molecular weight excluding hydrogens is 206 g/mol. The van der Waals surface area contributed by atoms with Gasteiger partial charge in [-0.05, 0) is 19.1 Å². The Bertz CT molecular complexity index is 566. The molecule has 0 bridgehead atoms. The van der Waals surface area contributed by atoms with Crippen molar-refractivity contribution in [1.82, 2.24) is 4.57 Å². The highest BCUT2D eigenvalue weighted by Crippen LogP contribution is 2.28. The molecule has 0 aliphatic carbocycles. The average molecular weight is 227 g/mol. The monoisotopic (exact) mass is 227 g/mol. The molecule has 0 saturated heterocycles. The summed E-state index contributed by atoms with van der Waals surface area (Å²) in [5.41, 5.74) is 2.67. The number of aromatic nitrogens is 1. The normalized spacial score (nSPS) is 9.94. The second-order valence-electron chi connectivity index (χ2n) is 3.78. The van der Waals surface area contributed by atoms with Gasteiger partial charge in [-0.3, -0.25) is 0 Å². The van der Waals surface area contributed by atoms with Gasteiger partial charge in [0, 0.05) is 28.4 Å². The fraction of sp³-hybridized carbons (Fsp3) is 0.250. The maximum atomic E-state index is 2.37. The first-order chi connectivity index (χ1) is 7.42. The van der Waals surface area contributed by atoms with E-state index in [9.17, 15) is 0 Å². The zero-order chi connectivity index (χ0) is 10.3. The molecule has 0 fully saturated rings. The maximum absolute atomic E-state index is 2.37. The maximum Gasteiger partial charge on any atom is 0.0491 e. The van der Waals surface area contributed by atoms with E-state index in [1.54, 1.807) is 0 Å². The van der Waals surface area contributed by atoms with Crippen LogP contribution in [-0.2, 0) is 6.54 Å². The Kier molecular flexibility index (Phi) is 3.95. The van der Waals surface area contributed by atoms with E-state index in [4.69, 9.17) is 0 Å². The molecule has 3 aromatic rings. The minimum absolute atomic E-state index is 0. The van der Waals surface area contributed by atoms with E-state index in [0.717, 1.165) is 6.54 Å². The number of fused-ring (bicyclic) bond motifs is 3. The number of rotatable bonds is 1. The molecule has 90 valence electrons. The molecule has 0 atom stereocenters. The Morgan fingerprint density at radius 1 is 0.765 bits per heavy atom. The first-order valence-corrected chi connectivity index (χ1v) is 5.38. The van der Waals surface area contributed by atoms with Crippen LogP contribution in [0.1, 0.15) is 21.8 Å². The van der Waals surface area contributed by atoms with Gasteiger partial charge in [0.25, 0.3) is 0 Å². The van der Waals surface area contributed by atoms with Gasteiger partial charge < -0.3 is 4.57 Å². The van der Waals surface area contributed by atoms with Crippen LogP contribution in [0.4, 0.5) is 0 Å². The number of hydrogen-bond acceptors (Lipinski definition) is 0. The van der Waals surface area contributed by atoms with Crippen molar-refractivity contribution in [2.24, 2.45) is 0 Å². The van der Waals surface area contributed by atoms with E-state index < -0.39 is 0 Å². The van der Waals surface area contributed by atoms with Crippen molar-refractivity contribution in [2.75, 3.05) is 0 Å². The Morgan fingerprint density at radius 3 is 1.59 bits per heavy atom. The van der Waals surface area contributed by atoms with E-state index in [1.807, 2.05) is 0 Å². The van der Waals surface area contributed by atoms with E-state index in [-0.39, 0.29) is 14.9 Å². The first kappa shape index (κ1) is 13.3. The summed E-state index contributed by atoms with van der Waals surface area (Å²) in [4.78, 5) is 0. The molecule has 1 nitrogen and oxygen atoms in total. The summed E-state index contributed by atoms with van der Waals surface area (Å²) in [6.45, 7) is 3.22. The SMILES string of the molecule is C.C.CCn1c2ccccc2c2ccccc21. The largest absolute Gasteiger partial charge is 0.341 e. The van der Waals surface area contributed by atoms with Crippen molar-refractivity contribution in [3.8, 4) is 0 Å². The van der Waals surface area contributed by atoms with E-state index in [0.29, 0.717) is 0 Å². The van der Waals surface area contributed by atoms with Crippen LogP contribution in [0.2, 0.25) is 0 Å². The molecule has 0 aliphatic rings. The Labute approximate surface area is 104 Å². The molecule has 0 unspecified atom stereocenters. The number of para-hydroxylation sites is 2. The van der Waals surface area contributed by atoms with Gasteiger partial charge in [0.2, 0.25) is 0 Å². The molecule has 1 aromatic heterocycles. The molecule has 0 aliphatic heterocycles. The van der Waals surface area contributed by atoms with Crippen LogP contribution < -0.4 is 0 Å². The Morgan fingerprint density at radius 2 is 1.18 bits per heavy atom. The predicted molar refractivity (Wildman–Crippen MR) is 78.6 cm³/mol. The highest BCUT2D eigenvalue weighted by atomic mass is 15.0. The summed E-state index contributed by atoms with van der Waals surface area (Å²) >= 11 is 0. The lowest BCUT2D eigenvalue weighted by molar-refractivity contribution is 0.827. The van der Waals surface area contributed by atoms with Crippen molar-refractivity contribution < 1.29 is 0 Å². The third-order valence-corrected chi connectivity index (χ3v) is 3.00. The van der Waals surface area contributed by atoms with Crippen LogP contribution in [0, 0.1) is 0 Å². The number of hydrogen-bond donors (Lipinski definition) is 0. The zero-order valence-electron chi connectivity index (χ0n) is 8.77. The molecule has 1 heteroatoms. The van der Waals surface area contributed by atoms with Gasteiger partial charge in [-0.2, -0.15) is 0 Å². The molecule has 0 radical (unpaired) electrons. The number of benzene rings is 2. The van der Waals surface area contributed by atoms with Crippen LogP contribution in [0.15, 0.2) is 48.5 Å². The minimum Gasteiger partial charge on any atom is -0.341 e. The molecule has 1 heterocycles. The second-order valence-corrected chi connectivity index (χ2v) is 3.78. The molecule has 0 amide bonds. The zero-order valence-corrected chi connectivity index (χ0v) is 8.77. The molecule has 3 rings (SSSR count). The highest BCUT2D eigenvalue weighted by Gasteiger charge is 2.06. The van der Waals surface area contributed by atoms with Crippen molar-refractivity contribution in [3.05, 3.63) is 48.5 Å². The second kappa shape index (κ2) is 5.05. The average Bonchev–Trinajstić information content (AvgIpc) is 2.63. The van der Waals surface area contributed by atoms with E-state index in [2.05, 4.69) is 60.0 Å². The van der Waals surface area contributed by atoms with Gasteiger partial charge in [-0.15, -0.1) is 0 Å². The predicted octanol–water partition coefficient (Wildman–Crippen LogP) is 5.09. The summed E-state index contributed by atoms with van der Waals surface area (Å²) in [7, 11) is 0. The molecule has 0 saturated carbocycles. The van der Waals surface area contributed by atoms with Crippen LogP contribution in [0.3, 0.4) is 0 Å². The molecule has 17 heavy (non-hydrogen) atoms. The van der Waals surface area contributed by atoms with Gasteiger partial charge in [0.15, 0.2) is 0 Å². The molecule has 0 N–H and O–H groups in total. The summed E-state index contributed by atoms with van der Waals surface area (Å²) in [6, 6.07) is 17.2. The van der Waals surface area contributed by atoms with Crippen LogP contribution in [0.5, 0.6) is 0 Å². The van der Waals surface area contributed by atoms with Crippen LogP contribution >= 0.6 is 0 Å². The summed E-state index contributed by atoms with van der Waals surface area (Å²) in [5.74, 6) is 0. The summed E-state index contributed by atoms with van der Waals surface area (Å²) in [6.07, 6.45) is 0. The van der Waals surface area contributed by atoms with Crippen molar-refractivity contribution >= 4 is 21.8 Å². The first-order valence-electron chi connectivity index (χ1n) is 5.38. The Hall–Kier alpha value is -1.76. The van der Waals surface area contributed by atoms with Gasteiger partial charge in [-0.1, -0.05) is 51.3 Å². The lowest BCUT2D eigenvalue weighted by Crippen LogP contribution is -1.91. The minimum atomic E-state index is 0. The quantitative estimate of drug-likeness (QED) is 0.546. The summed E-state index contributed by atoms with van der Waals surface area (Å²) < 4.78 is 2.37. The lowest BCUT2D eigenvalue weighted by Gasteiger charge is -2.01. The lowest BCUT2D eigenvalue weighted by atomic mass is 10.2. The topological polar surface area (TPSA) is 4.93 Å². The van der Waals surface area contributed by atoms with Crippen LogP contribution in [0.25, 0.3) is 21.8 Å². The van der Waals surface area contributed by atoms with Crippen molar-refractivity contribution in [3.63, 3.8) is 0 Å². The Balaban J connectivity index is 0.000000722. The van der Waals surface area contributed by atoms with Crippen molar-refractivity contribution in [2.45, 2.75) is 28.3 Å². The summed E-state index contributed by atoms with van der Waals surface area (Å²) in [5, 5.41) is 2.71. The van der Waals surface area contributed by atoms with Crippen LogP contribution in [-0.4, -0.2) is 4.57 Å². The van der Waals surface area contributed by atoms with Gasteiger partial charge in [0.1, 0.15) is 0 Å². The standard InChI is InChI=1S/C14H13N.2CH4/c1-2-15-13-9-5-3-7-11(13)12-8-4-6-10-14(12)15;;/h3-10H,2H2,1H3;2*1H4. The van der Waals surface area contributed by atoms with E-state index in [1.165, 1.54) is 21.8 Å².